The topological polar surface area (TPSA) is 64.9 Å². The predicted octanol–water partition coefficient (Wildman–Crippen LogP) is 4.26. The number of halogens is 1. The van der Waals surface area contributed by atoms with Crippen molar-refractivity contribution in [3.05, 3.63) is 59.4 Å². The van der Waals surface area contributed by atoms with Crippen molar-refractivity contribution in [1.29, 1.82) is 0 Å². The Labute approximate surface area is 131 Å². The maximum atomic E-state index is 5.91. The van der Waals surface area contributed by atoms with Crippen LogP contribution in [0.1, 0.15) is 5.89 Å². The molecule has 0 spiro atoms. The van der Waals surface area contributed by atoms with Gasteiger partial charge in [-0.2, -0.15) is 4.98 Å². The van der Waals surface area contributed by atoms with Gasteiger partial charge in [-0.3, -0.25) is 0 Å². The van der Waals surface area contributed by atoms with E-state index >= 15 is 0 Å². The van der Waals surface area contributed by atoms with Gasteiger partial charge in [-0.1, -0.05) is 47.1 Å². The first-order chi connectivity index (χ1) is 10.2. The van der Waals surface area contributed by atoms with E-state index in [0.29, 0.717) is 28.2 Å². The lowest BCUT2D eigenvalue weighted by atomic mass is 10.2. The molecule has 0 bridgehead atoms. The molecular weight excluding hydrogens is 306 g/mol. The molecule has 0 saturated heterocycles. The summed E-state index contributed by atoms with van der Waals surface area (Å²) in [6.07, 6.45) is 0. The Kier molecular flexibility index (Phi) is 4.13. The van der Waals surface area contributed by atoms with E-state index in [9.17, 15) is 0 Å². The maximum absolute atomic E-state index is 5.91. The largest absolute Gasteiger partial charge is 0.398 e. The van der Waals surface area contributed by atoms with Crippen LogP contribution in [0.2, 0.25) is 5.02 Å². The first kappa shape index (κ1) is 14.0. The summed E-state index contributed by atoms with van der Waals surface area (Å²) in [4.78, 5) is 5.32. The number of anilines is 1. The summed E-state index contributed by atoms with van der Waals surface area (Å²) in [6, 6.07) is 15.1. The Balaban J connectivity index is 1.70. The number of nitrogens with two attached hydrogens (primary N) is 1. The van der Waals surface area contributed by atoms with Crippen molar-refractivity contribution in [2.45, 2.75) is 10.6 Å². The standard InChI is InChI=1S/C15H12ClN3OS/c16-11-6-7-13(12(17)8-11)21-9-14-18-15(19-20-14)10-4-2-1-3-5-10/h1-8H,9,17H2. The molecule has 0 fully saturated rings. The Bertz CT molecular complexity index is 746. The number of nitrogen functional groups attached to an aromatic ring is 1. The van der Waals surface area contributed by atoms with Crippen LogP contribution in [0.5, 0.6) is 0 Å². The van der Waals surface area contributed by atoms with E-state index in [0.717, 1.165) is 10.5 Å². The maximum Gasteiger partial charge on any atom is 0.237 e. The van der Waals surface area contributed by atoms with Crippen LogP contribution in [0, 0.1) is 0 Å². The van der Waals surface area contributed by atoms with Gasteiger partial charge in [0, 0.05) is 21.2 Å². The van der Waals surface area contributed by atoms with Crippen molar-refractivity contribution < 1.29 is 4.52 Å². The van der Waals surface area contributed by atoms with Crippen LogP contribution < -0.4 is 5.73 Å². The molecule has 0 aliphatic carbocycles. The van der Waals surface area contributed by atoms with E-state index in [4.69, 9.17) is 21.9 Å². The lowest BCUT2D eigenvalue weighted by Crippen LogP contribution is -1.89. The average Bonchev–Trinajstić information content (AvgIpc) is 2.96. The molecule has 106 valence electrons. The minimum absolute atomic E-state index is 0.561. The zero-order valence-corrected chi connectivity index (χ0v) is 12.6. The van der Waals surface area contributed by atoms with Crippen molar-refractivity contribution in [1.82, 2.24) is 10.1 Å². The Morgan fingerprint density at radius 2 is 1.95 bits per heavy atom. The highest BCUT2D eigenvalue weighted by Gasteiger charge is 2.09. The normalized spacial score (nSPS) is 10.7. The van der Waals surface area contributed by atoms with Crippen LogP contribution in [0.25, 0.3) is 11.4 Å². The lowest BCUT2D eigenvalue weighted by Gasteiger charge is -2.03. The smallest absolute Gasteiger partial charge is 0.237 e. The number of rotatable bonds is 4. The Morgan fingerprint density at radius 3 is 2.71 bits per heavy atom. The number of hydrogen-bond acceptors (Lipinski definition) is 5. The van der Waals surface area contributed by atoms with Gasteiger partial charge in [-0.15, -0.1) is 11.8 Å². The summed E-state index contributed by atoms with van der Waals surface area (Å²) < 4.78 is 5.26. The fourth-order valence-electron chi connectivity index (χ4n) is 1.81. The predicted molar refractivity (Wildman–Crippen MR) is 85.2 cm³/mol. The number of benzene rings is 2. The highest BCUT2D eigenvalue weighted by Crippen LogP contribution is 2.30. The number of thioether (sulfide) groups is 1. The third-order valence-corrected chi connectivity index (χ3v) is 4.13. The monoisotopic (exact) mass is 317 g/mol. The number of nitrogens with zero attached hydrogens (tertiary/aromatic N) is 2. The summed E-state index contributed by atoms with van der Waals surface area (Å²) in [6.45, 7) is 0. The van der Waals surface area contributed by atoms with Crippen LogP contribution in [0.4, 0.5) is 5.69 Å². The molecule has 0 aliphatic rings. The quantitative estimate of drug-likeness (QED) is 0.575. The number of aromatic nitrogens is 2. The van der Waals surface area contributed by atoms with E-state index in [1.54, 1.807) is 6.07 Å². The van der Waals surface area contributed by atoms with Crippen LogP contribution in [0.3, 0.4) is 0 Å². The first-order valence-corrected chi connectivity index (χ1v) is 7.64. The molecule has 1 aromatic heterocycles. The molecular formula is C15H12ClN3OS. The molecule has 3 rings (SSSR count). The summed E-state index contributed by atoms with van der Waals surface area (Å²) in [5.74, 6) is 1.72. The molecule has 0 radical (unpaired) electrons. The SMILES string of the molecule is Nc1cc(Cl)ccc1SCc1nc(-c2ccccc2)no1. The molecule has 0 aliphatic heterocycles. The van der Waals surface area contributed by atoms with Gasteiger partial charge in [0.2, 0.25) is 11.7 Å². The second-order valence-corrected chi connectivity index (χ2v) is 5.80. The highest BCUT2D eigenvalue weighted by molar-refractivity contribution is 7.98. The summed E-state index contributed by atoms with van der Waals surface area (Å²) >= 11 is 7.41. The van der Waals surface area contributed by atoms with Crippen LogP contribution in [-0.4, -0.2) is 10.1 Å². The molecule has 2 aromatic carbocycles. The fourth-order valence-corrected chi connectivity index (χ4v) is 2.77. The van der Waals surface area contributed by atoms with Gasteiger partial charge in [0.15, 0.2) is 0 Å². The summed E-state index contributed by atoms with van der Waals surface area (Å²) in [5, 5.41) is 4.61. The molecule has 0 atom stereocenters. The molecule has 0 unspecified atom stereocenters. The van der Waals surface area contributed by atoms with E-state index in [2.05, 4.69) is 10.1 Å². The van der Waals surface area contributed by atoms with Crippen LogP contribution in [0.15, 0.2) is 57.9 Å². The van der Waals surface area contributed by atoms with E-state index in [1.807, 2.05) is 42.5 Å². The molecule has 0 amide bonds. The van der Waals surface area contributed by atoms with Gasteiger partial charge in [0.05, 0.1) is 5.75 Å². The van der Waals surface area contributed by atoms with Gasteiger partial charge in [0.25, 0.3) is 0 Å². The van der Waals surface area contributed by atoms with E-state index < -0.39 is 0 Å². The summed E-state index contributed by atoms with van der Waals surface area (Å²) in [5.41, 5.74) is 7.49. The summed E-state index contributed by atoms with van der Waals surface area (Å²) in [7, 11) is 0. The third kappa shape index (κ3) is 3.37. The molecule has 6 heteroatoms. The van der Waals surface area contributed by atoms with E-state index in [-0.39, 0.29) is 0 Å². The molecule has 2 N–H and O–H groups in total. The minimum Gasteiger partial charge on any atom is -0.398 e. The number of hydrogen-bond donors (Lipinski definition) is 1. The van der Waals surface area contributed by atoms with Gasteiger partial charge >= 0.3 is 0 Å². The minimum atomic E-state index is 0.561. The second-order valence-electron chi connectivity index (χ2n) is 4.35. The van der Waals surface area contributed by atoms with E-state index in [1.165, 1.54) is 11.8 Å². The average molecular weight is 318 g/mol. The molecule has 3 aromatic rings. The molecule has 1 heterocycles. The van der Waals surface area contributed by atoms with Crippen molar-refractivity contribution in [3.8, 4) is 11.4 Å². The van der Waals surface area contributed by atoms with Crippen LogP contribution >= 0.6 is 23.4 Å². The second kappa shape index (κ2) is 6.20. The lowest BCUT2D eigenvalue weighted by molar-refractivity contribution is 0.391. The van der Waals surface area contributed by atoms with Crippen LogP contribution in [-0.2, 0) is 5.75 Å². The van der Waals surface area contributed by atoms with Gasteiger partial charge < -0.3 is 10.3 Å². The Morgan fingerprint density at radius 1 is 1.14 bits per heavy atom. The molecule has 0 saturated carbocycles. The highest BCUT2D eigenvalue weighted by atomic mass is 35.5. The fraction of sp³-hybridized carbons (Fsp3) is 0.0667. The zero-order valence-electron chi connectivity index (χ0n) is 11.0. The molecule has 21 heavy (non-hydrogen) atoms. The van der Waals surface area contributed by atoms with Crippen molar-refractivity contribution in [3.63, 3.8) is 0 Å². The molecule has 4 nitrogen and oxygen atoms in total. The van der Waals surface area contributed by atoms with Crippen molar-refractivity contribution in [2.75, 3.05) is 5.73 Å². The first-order valence-electron chi connectivity index (χ1n) is 6.28. The Hall–Kier alpha value is -1.98. The third-order valence-electron chi connectivity index (χ3n) is 2.82. The van der Waals surface area contributed by atoms with Gasteiger partial charge in [0.1, 0.15) is 0 Å². The van der Waals surface area contributed by atoms with Crippen molar-refractivity contribution in [2.24, 2.45) is 0 Å². The van der Waals surface area contributed by atoms with Gasteiger partial charge in [-0.05, 0) is 18.2 Å². The zero-order chi connectivity index (χ0) is 14.7. The van der Waals surface area contributed by atoms with Crippen molar-refractivity contribution >= 4 is 29.1 Å². The van der Waals surface area contributed by atoms with Gasteiger partial charge in [-0.25, -0.2) is 0 Å².